The number of nitrogens with zero attached hydrogens (tertiary/aromatic N) is 2. The summed E-state index contributed by atoms with van der Waals surface area (Å²) in [5, 5.41) is 12.5. The van der Waals surface area contributed by atoms with Gasteiger partial charge in [0.25, 0.3) is 0 Å². The van der Waals surface area contributed by atoms with Crippen molar-refractivity contribution in [2.75, 3.05) is 5.32 Å². The Morgan fingerprint density at radius 2 is 1.80 bits per heavy atom. The first-order valence-electron chi connectivity index (χ1n) is 6.86. The fourth-order valence-corrected chi connectivity index (χ4v) is 3.57. The highest BCUT2D eigenvalue weighted by Crippen LogP contribution is 2.28. The van der Waals surface area contributed by atoms with Gasteiger partial charge in [-0.25, -0.2) is 0 Å². The van der Waals surface area contributed by atoms with Gasteiger partial charge in [-0.2, -0.15) is 0 Å². The number of anilines is 1. The average Bonchev–Trinajstić information content (AvgIpc) is 2.83. The summed E-state index contributed by atoms with van der Waals surface area (Å²) >= 11 is 3.36. The Morgan fingerprint density at radius 3 is 2.40 bits per heavy atom. The van der Waals surface area contributed by atoms with E-state index in [1.807, 2.05) is 0 Å². The van der Waals surface area contributed by atoms with Crippen LogP contribution in [-0.4, -0.2) is 16.2 Å². The molecule has 20 heavy (non-hydrogen) atoms. The molecule has 0 fully saturated rings. The molecule has 3 nitrogen and oxygen atoms in total. The van der Waals surface area contributed by atoms with Crippen molar-refractivity contribution in [1.82, 2.24) is 10.2 Å². The van der Waals surface area contributed by atoms with Crippen molar-refractivity contribution >= 4 is 28.2 Å². The van der Waals surface area contributed by atoms with Crippen LogP contribution in [-0.2, 0) is 5.75 Å². The minimum Gasteiger partial charge on any atom is -0.358 e. The van der Waals surface area contributed by atoms with E-state index in [9.17, 15) is 0 Å². The maximum Gasteiger partial charge on any atom is 0.206 e. The Hall–Kier alpha value is -1.07. The molecule has 0 atom stereocenters. The molecular weight excluding hydrogens is 286 g/mol. The highest BCUT2D eigenvalue weighted by atomic mass is 32.2. The van der Waals surface area contributed by atoms with Gasteiger partial charge in [0.05, 0.1) is 0 Å². The summed E-state index contributed by atoms with van der Waals surface area (Å²) in [5.74, 6) is 1.53. The zero-order valence-electron chi connectivity index (χ0n) is 12.4. The molecule has 1 heterocycles. The van der Waals surface area contributed by atoms with Gasteiger partial charge in [-0.1, -0.05) is 61.2 Å². The van der Waals surface area contributed by atoms with E-state index in [0.29, 0.717) is 12.0 Å². The second kappa shape index (κ2) is 7.09. The third-order valence-electron chi connectivity index (χ3n) is 2.83. The normalized spacial score (nSPS) is 11.3. The molecule has 0 aliphatic carbocycles. The van der Waals surface area contributed by atoms with Gasteiger partial charge >= 0.3 is 0 Å². The fraction of sp³-hybridized carbons (Fsp3) is 0.467. The van der Waals surface area contributed by atoms with Gasteiger partial charge in [-0.05, 0) is 30.9 Å². The Bertz CT molecular complexity index is 532. The quantitative estimate of drug-likeness (QED) is 0.780. The summed E-state index contributed by atoms with van der Waals surface area (Å²) in [4.78, 5) is 0. The number of aromatic nitrogens is 2. The van der Waals surface area contributed by atoms with Gasteiger partial charge in [-0.15, -0.1) is 10.2 Å². The van der Waals surface area contributed by atoms with Crippen molar-refractivity contribution in [3.05, 3.63) is 35.4 Å². The van der Waals surface area contributed by atoms with Gasteiger partial charge in [-0.3, -0.25) is 0 Å². The fourth-order valence-electron chi connectivity index (χ4n) is 1.72. The van der Waals surface area contributed by atoms with E-state index in [4.69, 9.17) is 0 Å². The summed E-state index contributed by atoms with van der Waals surface area (Å²) in [7, 11) is 0. The van der Waals surface area contributed by atoms with Crippen LogP contribution in [0.4, 0.5) is 5.13 Å². The first kappa shape index (κ1) is 15.3. The number of rotatable bonds is 6. The van der Waals surface area contributed by atoms with Crippen molar-refractivity contribution < 1.29 is 0 Å². The predicted molar refractivity (Wildman–Crippen MR) is 88.8 cm³/mol. The Balaban J connectivity index is 1.89. The Kier molecular flexibility index (Phi) is 5.43. The van der Waals surface area contributed by atoms with Crippen molar-refractivity contribution in [3.8, 4) is 0 Å². The van der Waals surface area contributed by atoms with Crippen molar-refractivity contribution in [3.63, 3.8) is 0 Å². The maximum absolute atomic E-state index is 4.20. The molecule has 2 rings (SSSR count). The summed E-state index contributed by atoms with van der Waals surface area (Å²) in [6.07, 6.45) is 0. The van der Waals surface area contributed by atoms with Crippen LogP contribution >= 0.6 is 23.1 Å². The molecule has 1 aromatic heterocycles. The van der Waals surface area contributed by atoms with E-state index in [-0.39, 0.29) is 0 Å². The SMILES string of the molecule is CC(C)Nc1nnc(SCc2ccc(C(C)C)cc2)s1. The van der Waals surface area contributed by atoms with Crippen molar-refractivity contribution in [1.29, 1.82) is 0 Å². The topological polar surface area (TPSA) is 37.8 Å². The van der Waals surface area contributed by atoms with Gasteiger partial charge in [0.2, 0.25) is 5.13 Å². The minimum atomic E-state index is 0.393. The average molecular weight is 307 g/mol. The number of benzene rings is 1. The number of hydrogen-bond donors (Lipinski definition) is 1. The lowest BCUT2D eigenvalue weighted by Gasteiger charge is -2.06. The van der Waals surface area contributed by atoms with Gasteiger partial charge < -0.3 is 5.32 Å². The predicted octanol–water partition coefficient (Wildman–Crippen LogP) is 4.77. The summed E-state index contributed by atoms with van der Waals surface area (Å²) in [6, 6.07) is 9.23. The molecule has 0 saturated carbocycles. The number of nitrogens with one attached hydrogen (secondary N) is 1. The maximum atomic E-state index is 4.20. The van der Waals surface area contributed by atoms with Crippen LogP contribution in [0, 0.1) is 0 Å². The van der Waals surface area contributed by atoms with Crippen LogP contribution in [0.5, 0.6) is 0 Å². The van der Waals surface area contributed by atoms with Crippen LogP contribution < -0.4 is 5.32 Å². The number of thioether (sulfide) groups is 1. The van der Waals surface area contributed by atoms with Crippen molar-refractivity contribution in [2.24, 2.45) is 0 Å². The van der Waals surface area contributed by atoms with Crippen LogP contribution in [0.1, 0.15) is 44.7 Å². The first-order chi connectivity index (χ1) is 9.54. The van der Waals surface area contributed by atoms with Gasteiger partial charge in [0.15, 0.2) is 4.34 Å². The largest absolute Gasteiger partial charge is 0.358 e. The van der Waals surface area contributed by atoms with Crippen LogP contribution in [0.15, 0.2) is 28.6 Å². The van der Waals surface area contributed by atoms with Crippen molar-refractivity contribution in [2.45, 2.75) is 49.7 Å². The third kappa shape index (κ3) is 4.49. The molecule has 2 aromatic rings. The molecule has 1 N–H and O–H groups in total. The highest BCUT2D eigenvalue weighted by molar-refractivity contribution is 8.00. The second-order valence-corrected chi connectivity index (χ2v) is 7.56. The molecule has 0 unspecified atom stereocenters. The molecule has 0 aliphatic rings. The molecule has 0 saturated heterocycles. The standard InChI is InChI=1S/C15H21N3S2/c1-10(2)13-7-5-12(6-8-13)9-19-15-18-17-14(20-15)16-11(3)4/h5-8,10-11H,9H2,1-4H3,(H,16,17). The second-order valence-electron chi connectivity index (χ2n) is 5.36. The van der Waals surface area contributed by atoms with E-state index in [1.165, 1.54) is 11.1 Å². The minimum absolute atomic E-state index is 0.393. The molecule has 5 heteroatoms. The Labute approximate surface area is 129 Å². The van der Waals surface area contributed by atoms with E-state index < -0.39 is 0 Å². The zero-order chi connectivity index (χ0) is 14.5. The van der Waals surface area contributed by atoms with E-state index in [2.05, 4.69) is 67.5 Å². The highest BCUT2D eigenvalue weighted by Gasteiger charge is 2.06. The van der Waals surface area contributed by atoms with E-state index >= 15 is 0 Å². The van der Waals surface area contributed by atoms with E-state index in [1.54, 1.807) is 23.1 Å². The first-order valence-corrected chi connectivity index (χ1v) is 8.66. The summed E-state index contributed by atoms with van der Waals surface area (Å²) < 4.78 is 1.01. The molecule has 1 aromatic carbocycles. The molecule has 0 spiro atoms. The van der Waals surface area contributed by atoms with Crippen LogP contribution in [0.25, 0.3) is 0 Å². The smallest absolute Gasteiger partial charge is 0.206 e. The summed E-state index contributed by atoms with van der Waals surface area (Å²) in [5.41, 5.74) is 2.71. The monoisotopic (exact) mass is 307 g/mol. The molecule has 0 bridgehead atoms. The van der Waals surface area contributed by atoms with Gasteiger partial charge in [0.1, 0.15) is 0 Å². The van der Waals surface area contributed by atoms with E-state index in [0.717, 1.165) is 15.2 Å². The molecular formula is C15H21N3S2. The zero-order valence-corrected chi connectivity index (χ0v) is 14.0. The summed E-state index contributed by atoms with van der Waals surface area (Å²) in [6.45, 7) is 8.64. The lowest BCUT2D eigenvalue weighted by atomic mass is 10.0. The lowest BCUT2D eigenvalue weighted by Crippen LogP contribution is -2.08. The molecule has 0 amide bonds. The third-order valence-corrected chi connectivity index (χ3v) is 4.89. The van der Waals surface area contributed by atoms with Gasteiger partial charge in [0, 0.05) is 11.8 Å². The molecule has 108 valence electrons. The molecule has 0 radical (unpaired) electrons. The lowest BCUT2D eigenvalue weighted by molar-refractivity contribution is 0.866. The molecule has 0 aliphatic heterocycles. The number of hydrogen-bond acceptors (Lipinski definition) is 5. The Morgan fingerprint density at radius 1 is 1.10 bits per heavy atom. The van der Waals surface area contributed by atoms with Crippen LogP contribution in [0.2, 0.25) is 0 Å². The van der Waals surface area contributed by atoms with Crippen LogP contribution in [0.3, 0.4) is 0 Å².